The Morgan fingerprint density at radius 3 is 0.389 bits per heavy atom. The summed E-state index contributed by atoms with van der Waals surface area (Å²) in [5.41, 5.74) is 0. The summed E-state index contributed by atoms with van der Waals surface area (Å²) in [5.74, 6) is 0. The average molecular weight is 728 g/mol. The Morgan fingerprint density at radius 1 is 0.333 bits per heavy atom. The zero-order chi connectivity index (χ0) is 27.6. The molecule has 36 heteroatoms. The van der Waals surface area contributed by atoms with Crippen LogP contribution >= 0.6 is 54.8 Å². The molecule has 0 atom stereocenters. The first kappa shape index (κ1) is 58.6. The molecule has 0 aromatic carbocycles. The van der Waals surface area contributed by atoms with Gasteiger partial charge in [-0.1, -0.05) is 0 Å². The van der Waals surface area contributed by atoms with E-state index < -0.39 is 54.8 Å². The molecule has 0 aromatic rings. The van der Waals surface area contributed by atoms with E-state index >= 15 is 0 Å². The quantitative estimate of drug-likeness (QED) is 0.169. The second kappa shape index (κ2) is 22.6. The van der Waals surface area contributed by atoms with Crippen molar-refractivity contribution in [1.82, 2.24) is 0 Å². The van der Waals surface area contributed by atoms with Gasteiger partial charge in [-0.2, -0.15) is 0 Å². The normalized spacial score (nSPS) is 12.0. The van der Waals surface area contributed by atoms with Crippen molar-refractivity contribution in [2.45, 2.75) is 0 Å². The van der Waals surface area contributed by atoms with Gasteiger partial charge in [0, 0.05) is 0 Å². The van der Waals surface area contributed by atoms with E-state index in [1.807, 2.05) is 0 Å². The number of phosphoric acid groups is 7. The van der Waals surface area contributed by atoms with E-state index in [9.17, 15) is 86.1 Å². The van der Waals surface area contributed by atoms with Crippen LogP contribution in [0.3, 0.4) is 0 Å². The fourth-order valence-corrected chi connectivity index (χ4v) is 3.31. The minimum atomic E-state index is -5.68. The minimum absolute atomic E-state index is 0. The molecule has 0 unspecified atom stereocenters. The Balaban J connectivity index is -0.0000000475. The third-order valence-electron chi connectivity index (χ3n) is 0.600. The molecule has 0 bridgehead atoms. The second-order valence-electron chi connectivity index (χ2n) is 3.44. The molecule has 0 fully saturated rings. The van der Waals surface area contributed by atoms with Crippen LogP contribution in [0, 0.1) is 0 Å². The Morgan fingerprint density at radius 2 is 0.389 bits per heavy atom. The predicted molar refractivity (Wildman–Crippen MR) is 86.2 cm³/mol. The van der Waals surface area contributed by atoms with Gasteiger partial charge in [0.2, 0.25) is 0 Å². The van der Waals surface area contributed by atoms with Crippen molar-refractivity contribution in [3.8, 4) is 0 Å². The van der Waals surface area contributed by atoms with E-state index in [1.54, 1.807) is 0 Å². The Bertz CT molecular complexity index is 694. The largest absolute Gasteiger partial charge is 3.00 e. The molecule has 25 nitrogen and oxygen atoms in total. The van der Waals surface area contributed by atoms with Crippen molar-refractivity contribution in [1.29, 1.82) is 0 Å². The molecular weight excluding hydrogens is 725 g/mol. The second-order valence-corrected chi connectivity index (χ2v) is 11.8. The van der Waals surface area contributed by atoms with Crippen LogP contribution in [-0.2, 0) is 44.9 Å². The molecule has 0 radical (unpaired) electrons. The topological polar surface area (TPSA) is 485 Å². The Kier molecular flexibility index (Phi) is 36.8. The molecule has 0 aliphatic heterocycles. The van der Waals surface area contributed by atoms with Crippen LogP contribution in [0.4, 0.5) is 0 Å². The van der Waals surface area contributed by atoms with Gasteiger partial charge in [-0.05, 0) is 0 Å². The van der Waals surface area contributed by atoms with Crippen molar-refractivity contribution in [2.24, 2.45) is 0 Å². The summed E-state index contributed by atoms with van der Waals surface area (Å²) in [6.07, 6.45) is 0. The molecule has 3 N–H and O–H groups in total. The zero-order valence-electron chi connectivity index (χ0n) is 15.8. The van der Waals surface area contributed by atoms with Gasteiger partial charge in [-0.25, -0.2) is 4.57 Å². The first-order valence-corrected chi connectivity index (χ1v) is 15.5. The van der Waals surface area contributed by atoms with Crippen LogP contribution in [0.25, 0.3) is 0 Å². The fraction of sp³-hybridized carbons (Fsp3) is 0. The van der Waals surface area contributed by atoms with Gasteiger partial charge in [-0.3, -0.25) is 0 Å². The van der Waals surface area contributed by atoms with E-state index in [-0.39, 0.29) is 69.4 Å². The van der Waals surface area contributed by atoms with Crippen molar-refractivity contribution >= 4 is 124 Å². The van der Waals surface area contributed by atoms with Gasteiger partial charge in [0.15, 0.2) is 0 Å². The van der Waals surface area contributed by atoms with Gasteiger partial charge in [0.05, 0.1) is 46.9 Å². The van der Waals surface area contributed by atoms with Crippen LogP contribution in [0.1, 0.15) is 0 Å². The Labute approximate surface area is 241 Å². The smallest absolute Gasteiger partial charge is 0.790 e. The summed E-state index contributed by atoms with van der Waals surface area (Å²) in [4.78, 5) is 133. The SMILES string of the molecule is O=P(O)(O)O.O=P([O-])([O-])OP(=O)([O-])[O-].O=P([O-])([O-])OP(=O)([O-])[O-].O=P([O-])([O-])OP(=O)([O-])[O-].[Al+3].[Al+3].[Al+3].[Al+3]. The summed E-state index contributed by atoms with van der Waals surface area (Å²) >= 11 is 0. The first-order valence-electron chi connectivity index (χ1n) is 5.16. The van der Waals surface area contributed by atoms with Gasteiger partial charge in [0.1, 0.15) is 0 Å². The van der Waals surface area contributed by atoms with E-state index in [4.69, 9.17) is 19.2 Å². The maximum atomic E-state index is 9.32. The predicted octanol–water partition coefficient (Wildman–Crippen LogP) is -12.5. The van der Waals surface area contributed by atoms with Gasteiger partial charge in [-0.15, -0.1) is 0 Å². The van der Waals surface area contributed by atoms with Gasteiger partial charge >= 0.3 is 77.3 Å². The maximum Gasteiger partial charge on any atom is 3.00 e. The van der Waals surface area contributed by atoms with Crippen LogP contribution in [-0.4, -0.2) is 84.1 Å². The van der Waals surface area contributed by atoms with Crippen molar-refractivity contribution in [3.63, 3.8) is 0 Å². The summed E-state index contributed by atoms with van der Waals surface area (Å²) in [6.45, 7) is 0. The molecule has 0 rings (SSSR count). The molecule has 0 aliphatic carbocycles. The molecule has 36 heavy (non-hydrogen) atoms. The van der Waals surface area contributed by atoms with Gasteiger partial charge < -0.3 is 114 Å². The third-order valence-corrected chi connectivity index (χ3v) is 5.40. The standard InChI is InChI=1S/4Al.3H4O7P2.H3O4P/c;;;;3*1-8(2,3)7-9(4,5)6;1-5(2,3)4/h;;;;3*(H2,1,2,3)(H2,4,5,6);(H3,1,2,3,4)/q4*+3;;;;/p-12. The number of rotatable bonds is 6. The van der Waals surface area contributed by atoms with Crippen molar-refractivity contribution < 1.29 is 118 Å². The number of hydrogen-bond donors (Lipinski definition) is 3. The molecule has 0 aliphatic rings. The molecule has 0 saturated carbocycles. The van der Waals surface area contributed by atoms with Crippen LogP contribution < -0.4 is 58.7 Å². The van der Waals surface area contributed by atoms with E-state index in [0.29, 0.717) is 0 Å². The third kappa shape index (κ3) is 109. The average Bonchev–Trinajstić information content (AvgIpc) is 2.08. The molecule has 0 saturated heterocycles. The van der Waals surface area contributed by atoms with Crippen LogP contribution in [0.5, 0.6) is 0 Å². The van der Waals surface area contributed by atoms with Gasteiger partial charge in [0.25, 0.3) is 0 Å². The maximum absolute atomic E-state index is 9.32. The summed E-state index contributed by atoms with van der Waals surface area (Å²) < 4.78 is 72.4. The van der Waals surface area contributed by atoms with Crippen molar-refractivity contribution in [3.05, 3.63) is 0 Å². The molecule has 0 amide bonds. The summed E-state index contributed by atoms with van der Waals surface area (Å²) in [7, 11) is -38.7. The Hall–Kier alpha value is 3.02. The van der Waals surface area contributed by atoms with E-state index in [1.165, 1.54) is 0 Å². The van der Waals surface area contributed by atoms with Crippen LogP contribution in [0.15, 0.2) is 0 Å². The molecular formula is H3Al4O25P7. The number of hydrogen-bond acceptors (Lipinski definition) is 22. The molecule has 0 aromatic heterocycles. The summed E-state index contributed by atoms with van der Waals surface area (Å²) in [6, 6.07) is 0. The molecule has 0 spiro atoms. The summed E-state index contributed by atoms with van der Waals surface area (Å²) in [5, 5.41) is 0. The van der Waals surface area contributed by atoms with E-state index in [2.05, 4.69) is 12.9 Å². The fourth-order valence-electron chi connectivity index (χ4n) is 0.367. The zero-order valence-corrected chi connectivity index (χ0v) is 26.6. The molecule has 0 heterocycles. The van der Waals surface area contributed by atoms with Crippen LogP contribution in [0.2, 0.25) is 0 Å². The van der Waals surface area contributed by atoms with E-state index in [0.717, 1.165) is 0 Å². The first-order chi connectivity index (χ1) is 13.1. The minimum Gasteiger partial charge on any atom is -0.790 e. The molecule has 200 valence electrons. The van der Waals surface area contributed by atoms with Crippen molar-refractivity contribution in [2.75, 3.05) is 0 Å². The monoisotopic (exact) mass is 728 g/mol.